The Morgan fingerprint density at radius 3 is 2.73 bits per heavy atom. The van der Waals surface area contributed by atoms with E-state index in [0.29, 0.717) is 0 Å². The van der Waals surface area contributed by atoms with Crippen molar-refractivity contribution in [1.29, 1.82) is 0 Å². The van der Waals surface area contributed by atoms with Crippen LogP contribution in [0.15, 0.2) is 11.2 Å². The van der Waals surface area contributed by atoms with Gasteiger partial charge in [-0.2, -0.15) is 0 Å². The Labute approximate surface area is 95.5 Å². The molecule has 15 heavy (non-hydrogen) atoms. The van der Waals surface area contributed by atoms with Crippen LogP contribution in [0.2, 0.25) is 0 Å². The van der Waals surface area contributed by atoms with Gasteiger partial charge in [0, 0.05) is 26.7 Å². The Hall–Kier alpha value is -0.970. The van der Waals surface area contributed by atoms with E-state index in [4.69, 9.17) is 0 Å². The molecule has 0 aliphatic rings. The van der Waals surface area contributed by atoms with Crippen molar-refractivity contribution in [3.05, 3.63) is 6.07 Å². The monoisotopic (exact) mass is 226 g/mol. The number of hydrogen-bond acceptors (Lipinski definition) is 5. The van der Waals surface area contributed by atoms with Crippen molar-refractivity contribution in [2.45, 2.75) is 18.5 Å². The van der Waals surface area contributed by atoms with Gasteiger partial charge in [0.1, 0.15) is 11.6 Å². The molecule has 0 aliphatic carbocycles. The number of aromatic nitrogens is 2. The summed E-state index contributed by atoms with van der Waals surface area (Å²) >= 11 is 1.56. The van der Waals surface area contributed by atoms with Crippen molar-refractivity contribution in [3.63, 3.8) is 0 Å². The van der Waals surface area contributed by atoms with E-state index in [2.05, 4.69) is 34.2 Å². The van der Waals surface area contributed by atoms with Gasteiger partial charge in [0.15, 0.2) is 5.16 Å². The summed E-state index contributed by atoms with van der Waals surface area (Å²) < 4.78 is 0. The zero-order chi connectivity index (χ0) is 11.3. The fraction of sp³-hybridized carbons (Fsp3) is 0.600. The van der Waals surface area contributed by atoms with E-state index < -0.39 is 0 Å². The third-order valence-corrected chi connectivity index (χ3v) is 2.63. The van der Waals surface area contributed by atoms with Gasteiger partial charge in [-0.05, 0) is 12.7 Å². The quantitative estimate of drug-likeness (QED) is 0.615. The molecule has 84 valence electrons. The van der Waals surface area contributed by atoms with E-state index in [-0.39, 0.29) is 0 Å². The summed E-state index contributed by atoms with van der Waals surface area (Å²) in [5.41, 5.74) is 0. The Morgan fingerprint density at radius 1 is 1.47 bits per heavy atom. The average molecular weight is 226 g/mol. The van der Waals surface area contributed by atoms with Crippen LogP contribution in [0.5, 0.6) is 0 Å². The molecule has 0 spiro atoms. The van der Waals surface area contributed by atoms with Gasteiger partial charge in [0.2, 0.25) is 0 Å². The minimum Gasteiger partial charge on any atom is -0.373 e. The highest BCUT2D eigenvalue weighted by atomic mass is 32.2. The van der Waals surface area contributed by atoms with Gasteiger partial charge in [-0.1, -0.05) is 18.7 Å². The number of thioether (sulfide) groups is 1. The van der Waals surface area contributed by atoms with E-state index in [1.807, 2.05) is 19.4 Å². The van der Waals surface area contributed by atoms with E-state index in [9.17, 15) is 0 Å². The Morgan fingerprint density at radius 2 is 2.20 bits per heavy atom. The molecule has 0 bridgehead atoms. The van der Waals surface area contributed by atoms with Crippen LogP contribution in [0, 0.1) is 0 Å². The summed E-state index contributed by atoms with van der Waals surface area (Å²) in [7, 11) is 3.92. The molecule has 0 amide bonds. The molecule has 4 nitrogen and oxygen atoms in total. The van der Waals surface area contributed by atoms with Crippen LogP contribution < -0.4 is 10.2 Å². The molecule has 1 aromatic rings. The molecular formula is C10H18N4S. The predicted molar refractivity (Wildman–Crippen MR) is 66.9 cm³/mol. The van der Waals surface area contributed by atoms with E-state index in [1.54, 1.807) is 11.8 Å². The first-order valence-electron chi connectivity index (χ1n) is 5.03. The lowest BCUT2D eigenvalue weighted by atomic mass is 10.4. The second kappa shape index (κ2) is 5.80. The standard InChI is InChI=1S/C10H18N4S/c1-5-6-14(3)9-7-8(11-2)12-10(13-9)15-4/h7H,5-6H2,1-4H3,(H,11,12,13). The number of anilines is 2. The van der Waals surface area contributed by atoms with Crippen LogP contribution in [0.4, 0.5) is 11.6 Å². The Kier molecular flexibility index (Phi) is 4.68. The highest BCUT2D eigenvalue weighted by molar-refractivity contribution is 7.98. The average Bonchev–Trinajstić information content (AvgIpc) is 2.28. The minimum absolute atomic E-state index is 0.805. The lowest BCUT2D eigenvalue weighted by Crippen LogP contribution is -2.19. The molecule has 0 aromatic carbocycles. The van der Waals surface area contributed by atoms with Gasteiger partial charge in [-0.25, -0.2) is 9.97 Å². The molecule has 1 aromatic heterocycles. The van der Waals surface area contributed by atoms with Gasteiger partial charge < -0.3 is 10.2 Å². The van der Waals surface area contributed by atoms with Gasteiger partial charge in [0.05, 0.1) is 0 Å². The van der Waals surface area contributed by atoms with Crippen molar-refractivity contribution in [1.82, 2.24) is 9.97 Å². The van der Waals surface area contributed by atoms with E-state index >= 15 is 0 Å². The number of rotatable bonds is 5. The fourth-order valence-corrected chi connectivity index (χ4v) is 1.65. The zero-order valence-corrected chi connectivity index (χ0v) is 10.6. The van der Waals surface area contributed by atoms with Crippen molar-refractivity contribution in [3.8, 4) is 0 Å². The maximum absolute atomic E-state index is 4.46. The number of nitrogens with zero attached hydrogens (tertiary/aromatic N) is 3. The summed E-state index contributed by atoms with van der Waals surface area (Å²) in [5, 5.41) is 3.85. The molecular weight excluding hydrogens is 208 g/mol. The minimum atomic E-state index is 0.805. The Balaban J connectivity index is 2.95. The Bertz CT molecular complexity index is 294. The highest BCUT2D eigenvalue weighted by Crippen LogP contribution is 2.19. The van der Waals surface area contributed by atoms with Crippen molar-refractivity contribution >= 4 is 23.4 Å². The molecule has 0 saturated heterocycles. The highest BCUT2D eigenvalue weighted by Gasteiger charge is 2.06. The van der Waals surface area contributed by atoms with Crippen LogP contribution in [-0.2, 0) is 0 Å². The molecule has 0 radical (unpaired) electrons. The predicted octanol–water partition coefficient (Wildman–Crippen LogP) is 2.09. The number of nitrogens with one attached hydrogen (secondary N) is 1. The third-order valence-electron chi connectivity index (χ3n) is 2.08. The second-order valence-corrected chi connectivity index (χ2v) is 4.04. The number of hydrogen-bond donors (Lipinski definition) is 1. The molecule has 1 heterocycles. The lowest BCUT2D eigenvalue weighted by molar-refractivity contribution is 0.818. The zero-order valence-electron chi connectivity index (χ0n) is 9.74. The maximum atomic E-state index is 4.46. The van der Waals surface area contributed by atoms with E-state index in [1.165, 1.54) is 0 Å². The van der Waals surface area contributed by atoms with Crippen molar-refractivity contribution in [2.75, 3.05) is 37.1 Å². The summed E-state index contributed by atoms with van der Waals surface area (Å²) in [6.45, 7) is 3.17. The molecule has 0 saturated carbocycles. The summed E-state index contributed by atoms with van der Waals surface area (Å²) in [4.78, 5) is 10.9. The molecule has 0 atom stereocenters. The summed E-state index contributed by atoms with van der Waals surface area (Å²) in [5.74, 6) is 1.84. The van der Waals surface area contributed by atoms with Crippen LogP contribution in [0.1, 0.15) is 13.3 Å². The van der Waals surface area contributed by atoms with Gasteiger partial charge in [-0.3, -0.25) is 0 Å². The smallest absolute Gasteiger partial charge is 0.191 e. The largest absolute Gasteiger partial charge is 0.373 e. The van der Waals surface area contributed by atoms with Crippen molar-refractivity contribution in [2.24, 2.45) is 0 Å². The van der Waals surface area contributed by atoms with Gasteiger partial charge >= 0.3 is 0 Å². The molecule has 0 fully saturated rings. The second-order valence-electron chi connectivity index (χ2n) is 3.27. The first-order chi connectivity index (χ1) is 7.21. The molecule has 0 aliphatic heterocycles. The SMILES string of the molecule is CCCN(C)c1cc(NC)nc(SC)n1. The summed E-state index contributed by atoms with van der Waals surface area (Å²) in [6.07, 6.45) is 3.10. The van der Waals surface area contributed by atoms with Crippen molar-refractivity contribution < 1.29 is 0 Å². The van der Waals surface area contributed by atoms with Gasteiger partial charge in [-0.15, -0.1) is 0 Å². The lowest BCUT2D eigenvalue weighted by Gasteiger charge is -2.18. The molecule has 1 rings (SSSR count). The molecule has 5 heteroatoms. The molecule has 1 N–H and O–H groups in total. The maximum Gasteiger partial charge on any atom is 0.191 e. The van der Waals surface area contributed by atoms with Crippen LogP contribution in [0.25, 0.3) is 0 Å². The topological polar surface area (TPSA) is 41.0 Å². The summed E-state index contributed by atoms with van der Waals surface area (Å²) in [6, 6.07) is 1.97. The normalized spacial score (nSPS) is 10.1. The van der Waals surface area contributed by atoms with Gasteiger partial charge in [0.25, 0.3) is 0 Å². The fourth-order valence-electron chi connectivity index (χ4n) is 1.28. The van der Waals surface area contributed by atoms with Crippen LogP contribution >= 0.6 is 11.8 Å². The first kappa shape index (κ1) is 12.1. The van der Waals surface area contributed by atoms with Crippen LogP contribution in [-0.4, -0.2) is 36.9 Å². The third kappa shape index (κ3) is 3.27. The first-order valence-corrected chi connectivity index (χ1v) is 6.25. The molecule has 0 unspecified atom stereocenters. The van der Waals surface area contributed by atoms with E-state index in [0.717, 1.165) is 29.8 Å². The van der Waals surface area contributed by atoms with Crippen LogP contribution in [0.3, 0.4) is 0 Å².